The smallest absolute Gasteiger partial charge is 0.307 e. The van der Waals surface area contributed by atoms with Gasteiger partial charge in [0.2, 0.25) is 0 Å². The number of hydrogen-bond acceptors (Lipinski definition) is 3. The average molecular weight is 428 g/mol. The number of aliphatic carboxylic acids is 1. The molecule has 0 aliphatic rings. The maximum absolute atomic E-state index is 12.2. The van der Waals surface area contributed by atoms with Gasteiger partial charge in [0, 0.05) is 10.2 Å². The van der Waals surface area contributed by atoms with Crippen LogP contribution in [-0.4, -0.2) is 22.1 Å². The fourth-order valence-corrected chi connectivity index (χ4v) is 2.66. The van der Waals surface area contributed by atoms with Gasteiger partial charge in [0.15, 0.2) is 5.11 Å². The first-order valence-electron chi connectivity index (χ1n) is 6.73. The number of amides is 1. The van der Waals surface area contributed by atoms with Crippen LogP contribution in [0.15, 0.2) is 46.9 Å². The van der Waals surface area contributed by atoms with Crippen molar-refractivity contribution < 1.29 is 14.7 Å². The Labute approximate surface area is 157 Å². The Morgan fingerprint density at radius 3 is 2.46 bits per heavy atom. The lowest BCUT2D eigenvalue weighted by Gasteiger charge is -2.11. The van der Waals surface area contributed by atoms with Crippen LogP contribution < -0.4 is 10.6 Å². The van der Waals surface area contributed by atoms with E-state index in [9.17, 15) is 9.59 Å². The van der Waals surface area contributed by atoms with Crippen molar-refractivity contribution in [1.82, 2.24) is 5.32 Å². The van der Waals surface area contributed by atoms with E-state index < -0.39 is 11.9 Å². The van der Waals surface area contributed by atoms with Gasteiger partial charge >= 0.3 is 5.97 Å². The maximum Gasteiger partial charge on any atom is 0.307 e. The van der Waals surface area contributed by atoms with Crippen LogP contribution in [-0.2, 0) is 11.2 Å². The van der Waals surface area contributed by atoms with Crippen LogP contribution in [0.25, 0.3) is 0 Å². The van der Waals surface area contributed by atoms with Crippen molar-refractivity contribution in [2.75, 3.05) is 5.32 Å². The Balaban J connectivity index is 1.98. The molecule has 3 N–H and O–H groups in total. The average Bonchev–Trinajstić information content (AvgIpc) is 2.51. The van der Waals surface area contributed by atoms with Crippen molar-refractivity contribution in [3.8, 4) is 0 Å². The Morgan fingerprint density at radius 1 is 1.17 bits per heavy atom. The van der Waals surface area contributed by atoms with E-state index in [1.54, 1.807) is 42.5 Å². The van der Waals surface area contributed by atoms with Gasteiger partial charge in [-0.25, -0.2) is 0 Å². The molecule has 0 aromatic heterocycles. The van der Waals surface area contributed by atoms with Crippen LogP contribution in [0.4, 0.5) is 5.69 Å². The number of carboxylic acid groups (broad SMARTS) is 1. The number of carboxylic acids is 1. The summed E-state index contributed by atoms with van der Waals surface area (Å²) in [4.78, 5) is 22.8. The summed E-state index contributed by atoms with van der Waals surface area (Å²) in [6, 6.07) is 11.7. The largest absolute Gasteiger partial charge is 0.481 e. The van der Waals surface area contributed by atoms with Crippen LogP contribution in [0.3, 0.4) is 0 Å². The van der Waals surface area contributed by atoms with Crippen LogP contribution in [0.1, 0.15) is 15.9 Å². The zero-order valence-corrected chi connectivity index (χ0v) is 15.3. The number of halogens is 2. The molecule has 0 heterocycles. The summed E-state index contributed by atoms with van der Waals surface area (Å²) in [5.41, 5.74) is 1.60. The zero-order valence-electron chi connectivity index (χ0n) is 12.2. The molecule has 0 spiro atoms. The van der Waals surface area contributed by atoms with E-state index in [4.69, 9.17) is 28.9 Å². The molecule has 0 saturated carbocycles. The van der Waals surface area contributed by atoms with Crippen molar-refractivity contribution >= 4 is 62.4 Å². The number of carbonyl (C=O) groups excluding carboxylic acids is 1. The first-order chi connectivity index (χ1) is 11.3. The second-order valence-electron chi connectivity index (χ2n) is 4.80. The molecule has 124 valence electrons. The Hall–Kier alpha value is -1.96. The van der Waals surface area contributed by atoms with Gasteiger partial charge in [-0.2, -0.15) is 0 Å². The number of rotatable bonds is 4. The van der Waals surface area contributed by atoms with Gasteiger partial charge < -0.3 is 10.4 Å². The number of thiocarbonyl (C=S) groups is 1. The highest BCUT2D eigenvalue weighted by Gasteiger charge is 2.12. The number of benzene rings is 2. The molecule has 2 aromatic rings. The fourth-order valence-electron chi connectivity index (χ4n) is 1.88. The molecule has 0 fully saturated rings. The summed E-state index contributed by atoms with van der Waals surface area (Å²) in [7, 11) is 0. The molecular formula is C16H12BrClN2O3S. The summed E-state index contributed by atoms with van der Waals surface area (Å²) < 4.78 is 0.727. The van der Waals surface area contributed by atoms with Gasteiger partial charge in [-0.05, 0) is 48.1 Å². The highest BCUT2D eigenvalue weighted by molar-refractivity contribution is 9.10. The number of nitrogens with one attached hydrogen (secondary N) is 2. The highest BCUT2D eigenvalue weighted by atomic mass is 79.9. The van der Waals surface area contributed by atoms with Gasteiger partial charge in [-0.1, -0.05) is 39.7 Å². The van der Waals surface area contributed by atoms with E-state index in [1.807, 2.05) is 0 Å². The lowest BCUT2D eigenvalue weighted by molar-refractivity contribution is -0.136. The van der Waals surface area contributed by atoms with Crippen molar-refractivity contribution in [2.45, 2.75) is 6.42 Å². The molecule has 24 heavy (non-hydrogen) atoms. The fraction of sp³-hybridized carbons (Fsp3) is 0.0625. The summed E-state index contributed by atoms with van der Waals surface area (Å²) in [5, 5.41) is 14.6. The molecule has 0 atom stereocenters. The van der Waals surface area contributed by atoms with Crippen LogP contribution >= 0.6 is 39.7 Å². The Morgan fingerprint density at radius 2 is 1.83 bits per heavy atom. The lowest BCUT2D eigenvalue weighted by Crippen LogP contribution is -2.34. The van der Waals surface area contributed by atoms with Gasteiger partial charge in [-0.15, -0.1) is 0 Å². The predicted octanol–water partition coefficient (Wildman–Crippen LogP) is 3.86. The van der Waals surface area contributed by atoms with E-state index in [1.165, 1.54) is 0 Å². The molecular weight excluding hydrogens is 416 g/mol. The highest BCUT2D eigenvalue weighted by Crippen LogP contribution is 2.21. The number of anilines is 1. The molecule has 2 rings (SSSR count). The normalized spacial score (nSPS) is 10.1. The molecule has 8 heteroatoms. The van der Waals surface area contributed by atoms with Gasteiger partial charge in [0.25, 0.3) is 5.91 Å². The molecule has 0 aliphatic carbocycles. The predicted molar refractivity (Wildman–Crippen MR) is 101 cm³/mol. The summed E-state index contributed by atoms with van der Waals surface area (Å²) in [6.07, 6.45) is -0.0527. The van der Waals surface area contributed by atoms with Crippen LogP contribution in [0.5, 0.6) is 0 Å². The molecule has 0 unspecified atom stereocenters. The molecule has 0 radical (unpaired) electrons. The van der Waals surface area contributed by atoms with E-state index in [-0.39, 0.29) is 11.5 Å². The lowest BCUT2D eigenvalue weighted by atomic mass is 10.1. The Kier molecular flexibility index (Phi) is 6.30. The molecule has 5 nitrogen and oxygen atoms in total. The minimum atomic E-state index is -0.899. The summed E-state index contributed by atoms with van der Waals surface area (Å²) in [5.74, 6) is -1.33. The van der Waals surface area contributed by atoms with Crippen LogP contribution in [0.2, 0.25) is 5.02 Å². The van der Waals surface area contributed by atoms with Crippen molar-refractivity contribution in [2.24, 2.45) is 0 Å². The standard InChI is InChI=1S/C16H12BrClN2O3S/c17-10-3-6-13(18)12(8-10)15(23)20-16(24)19-11-4-1-9(2-5-11)7-14(21)22/h1-6,8H,7H2,(H,21,22)(H2,19,20,23,24). The van der Waals surface area contributed by atoms with E-state index in [0.29, 0.717) is 21.8 Å². The number of carbonyl (C=O) groups is 2. The molecule has 2 aromatic carbocycles. The quantitative estimate of drug-likeness (QED) is 0.646. The minimum absolute atomic E-state index is 0.0527. The molecule has 0 bridgehead atoms. The van der Waals surface area contributed by atoms with Crippen molar-refractivity contribution in [3.05, 3.63) is 63.1 Å². The SMILES string of the molecule is O=C(O)Cc1ccc(NC(=S)NC(=O)c2cc(Br)ccc2Cl)cc1. The first-order valence-corrected chi connectivity index (χ1v) is 8.31. The number of hydrogen-bond donors (Lipinski definition) is 3. The summed E-state index contributed by atoms with van der Waals surface area (Å²) in [6.45, 7) is 0. The Bertz CT molecular complexity index is 796. The second-order valence-corrected chi connectivity index (χ2v) is 6.53. The van der Waals surface area contributed by atoms with Crippen LogP contribution in [0, 0.1) is 0 Å². The van der Waals surface area contributed by atoms with Crippen molar-refractivity contribution in [3.63, 3.8) is 0 Å². The third kappa shape index (κ3) is 5.30. The topological polar surface area (TPSA) is 78.4 Å². The third-order valence-corrected chi connectivity index (χ3v) is 3.99. The van der Waals surface area contributed by atoms with E-state index in [2.05, 4.69) is 26.6 Å². The van der Waals surface area contributed by atoms with Gasteiger partial charge in [0.1, 0.15) is 0 Å². The second kappa shape index (κ2) is 8.23. The first kappa shape index (κ1) is 18.4. The summed E-state index contributed by atoms with van der Waals surface area (Å²) >= 11 is 14.4. The zero-order chi connectivity index (χ0) is 17.7. The third-order valence-electron chi connectivity index (χ3n) is 2.97. The molecule has 0 aliphatic heterocycles. The minimum Gasteiger partial charge on any atom is -0.481 e. The molecule has 1 amide bonds. The monoisotopic (exact) mass is 426 g/mol. The van der Waals surface area contributed by atoms with E-state index in [0.717, 1.165) is 4.47 Å². The van der Waals surface area contributed by atoms with Gasteiger partial charge in [0.05, 0.1) is 17.0 Å². The molecule has 0 saturated heterocycles. The maximum atomic E-state index is 12.2. The van der Waals surface area contributed by atoms with Crippen molar-refractivity contribution in [1.29, 1.82) is 0 Å². The van der Waals surface area contributed by atoms with Gasteiger partial charge in [-0.3, -0.25) is 14.9 Å². The van der Waals surface area contributed by atoms with E-state index >= 15 is 0 Å².